The van der Waals surface area contributed by atoms with E-state index in [0.717, 1.165) is 5.69 Å². The molecule has 0 unspecified atom stereocenters. The molecular weight excluding hydrogens is 245 g/mol. The fourth-order valence-corrected chi connectivity index (χ4v) is 1.63. The van der Waals surface area contributed by atoms with E-state index in [1.807, 2.05) is 0 Å². The second-order valence-corrected chi connectivity index (χ2v) is 3.74. The quantitative estimate of drug-likeness (QED) is 0.918. The van der Waals surface area contributed by atoms with E-state index in [0.29, 0.717) is 23.9 Å². The number of pyridine rings is 1. The van der Waals surface area contributed by atoms with Gasteiger partial charge in [-0.2, -0.15) is 0 Å². The molecule has 0 bridgehead atoms. The number of nitrogens with two attached hydrogens (primary N) is 1. The minimum absolute atomic E-state index is 0.247. The van der Waals surface area contributed by atoms with Gasteiger partial charge in [-0.1, -0.05) is 6.07 Å². The van der Waals surface area contributed by atoms with Crippen molar-refractivity contribution in [2.45, 2.75) is 12.8 Å². The molecule has 2 N–H and O–H groups in total. The van der Waals surface area contributed by atoms with E-state index in [2.05, 4.69) is 9.72 Å². The van der Waals surface area contributed by atoms with Crippen LogP contribution in [0.3, 0.4) is 0 Å². The van der Waals surface area contributed by atoms with E-state index in [-0.39, 0.29) is 5.75 Å². The van der Waals surface area contributed by atoms with Crippen molar-refractivity contribution >= 4 is 10.9 Å². The first-order chi connectivity index (χ1) is 8.48. The number of hydrogen-bond acceptors (Lipinski definition) is 3. The van der Waals surface area contributed by atoms with Gasteiger partial charge in [-0.15, -0.1) is 13.2 Å². The van der Waals surface area contributed by atoms with E-state index >= 15 is 0 Å². The molecule has 1 heterocycles. The number of ether oxygens (including phenoxy) is 1. The lowest BCUT2D eigenvalue weighted by atomic mass is 10.1. The van der Waals surface area contributed by atoms with Gasteiger partial charge in [0, 0.05) is 17.5 Å². The fraction of sp³-hybridized carbons (Fsp3) is 0.250. The largest absolute Gasteiger partial charge is 0.573 e. The molecule has 0 aliphatic rings. The Hall–Kier alpha value is -1.82. The Morgan fingerprint density at radius 2 is 1.94 bits per heavy atom. The Balaban J connectivity index is 2.32. The summed E-state index contributed by atoms with van der Waals surface area (Å²) in [7, 11) is 0. The molecule has 2 aromatic rings. The number of halogens is 3. The van der Waals surface area contributed by atoms with E-state index in [1.54, 1.807) is 12.1 Å². The second kappa shape index (κ2) is 4.81. The van der Waals surface area contributed by atoms with Crippen LogP contribution in [-0.2, 0) is 6.42 Å². The molecule has 6 heteroatoms. The smallest absolute Gasteiger partial charge is 0.406 e. The lowest BCUT2D eigenvalue weighted by Crippen LogP contribution is -2.17. The Morgan fingerprint density at radius 1 is 1.17 bits per heavy atom. The molecule has 0 radical (unpaired) electrons. The first-order valence-electron chi connectivity index (χ1n) is 5.33. The molecular formula is C12H11F3N2O. The third-order valence-corrected chi connectivity index (χ3v) is 2.35. The highest BCUT2D eigenvalue weighted by molar-refractivity contribution is 5.80. The van der Waals surface area contributed by atoms with Gasteiger partial charge in [-0.3, -0.25) is 4.98 Å². The number of aromatic nitrogens is 1. The molecule has 0 aliphatic carbocycles. The van der Waals surface area contributed by atoms with Crippen LogP contribution < -0.4 is 10.5 Å². The van der Waals surface area contributed by atoms with Gasteiger partial charge in [0.1, 0.15) is 5.75 Å². The van der Waals surface area contributed by atoms with Gasteiger partial charge in [0.15, 0.2) is 0 Å². The number of fused-ring (bicyclic) bond motifs is 1. The molecule has 0 saturated heterocycles. The number of nitrogens with zero attached hydrogens (tertiary/aromatic N) is 1. The van der Waals surface area contributed by atoms with Crippen LogP contribution in [-0.4, -0.2) is 17.9 Å². The van der Waals surface area contributed by atoms with Crippen LogP contribution in [0, 0.1) is 0 Å². The second-order valence-electron chi connectivity index (χ2n) is 3.74. The van der Waals surface area contributed by atoms with Gasteiger partial charge in [0.2, 0.25) is 0 Å². The summed E-state index contributed by atoms with van der Waals surface area (Å²) in [6.45, 7) is 0.480. The Bertz CT molecular complexity index is 555. The SMILES string of the molecule is NCCc1ccc2cc(OC(F)(F)F)ccc2n1. The summed E-state index contributed by atoms with van der Waals surface area (Å²) in [5.41, 5.74) is 6.85. The van der Waals surface area contributed by atoms with Crippen molar-refractivity contribution in [3.63, 3.8) is 0 Å². The molecule has 96 valence electrons. The van der Waals surface area contributed by atoms with E-state index in [9.17, 15) is 13.2 Å². The zero-order chi connectivity index (χ0) is 13.2. The standard InChI is InChI=1S/C12H11F3N2O/c13-12(14,15)18-10-3-4-11-8(7-10)1-2-9(17-11)5-6-16/h1-4,7H,5-6,16H2. The first kappa shape index (κ1) is 12.6. The van der Waals surface area contributed by atoms with Crippen molar-refractivity contribution in [1.29, 1.82) is 0 Å². The number of alkyl halides is 3. The molecule has 0 saturated carbocycles. The van der Waals surface area contributed by atoms with Crippen LogP contribution in [0.5, 0.6) is 5.75 Å². The summed E-state index contributed by atoms with van der Waals surface area (Å²) in [4.78, 5) is 4.29. The minimum Gasteiger partial charge on any atom is -0.406 e. The maximum atomic E-state index is 12.1. The molecule has 0 spiro atoms. The van der Waals surface area contributed by atoms with Gasteiger partial charge in [-0.25, -0.2) is 0 Å². The van der Waals surface area contributed by atoms with Crippen LogP contribution >= 0.6 is 0 Å². The summed E-state index contributed by atoms with van der Waals surface area (Å²) in [6.07, 6.45) is -4.04. The average molecular weight is 256 g/mol. The Labute approximate surface area is 101 Å². The highest BCUT2D eigenvalue weighted by Gasteiger charge is 2.31. The van der Waals surface area contributed by atoms with Crippen LogP contribution in [0.25, 0.3) is 10.9 Å². The monoisotopic (exact) mass is 256 g/mol. The normalized spacial score (nSPS) is 11.8. The van der Waals surface area contributed by atoms with Crippen LogP contribution in [0.15, 0.2) is 30.3 Å². The average Bonchev–Trinajstić information content (AvgIpc) is 2.27. The fourth-order valence-electron chi connectivity index (χ4n) is 1.63. The summed E-state index contributed by atoms with van der Waals surface area (Å²) in [5, 5.41) is 0.595. The molecule has 0 fully saturated rings. The number of rotatable bonds is 3. The highest BCUT2D eigenvalue weighted by Crippen LogP contribution is 2.25. The molecule has 3 nitrogen and oxygen atoms in total. The maximum absolute atomic E-state index is 12.1. The summed E-state index contributed by atoms with van der Waals surface area (Å²) in [6, 6.07) is 7.50. The number of hydrogen-bond donors (Lipinski definition) is 1. The van der Waals surface area contributed by atoms with Crippen LogP contribution in [0.1, 0.15) is 5.69 Å². The molecule has 18 heavy (non-hydrogen) atoms. The van der Waals surface area contributed by atoms with E-state index in [4.69, 9.17) is 5.73 Å². The zero-order valence-electron chi connectivity index (χ0n) is 9.37. The first-order valence-corrected chi connectivity index (χ1v) is 5.33. The summed E-state index contributed by atoms with van der Waals surface area (Å²) in [5.74, 6) is -0.247. The van der Waals surface area contributed by atoms with Crippen molar-refractivity contribution in [3.05, 3.63) is 36.0 Å². The van der Waals surface area contributed by atoms with E-state index < -0.39 is 6.36 Å². The van der Waals surface area contributed by atoms with Crippen molar-refractivity contribution in [1.82, 2.24) is 4.98 Å². The molecule has 0 amide bonds. The Morgan fingerprint density at radius 3 is 2.61 bits per heavy atom. The predicted octanol–water partition coefficient (Wildman–Crippen LogP) is 2.63. The van der Waals surface area contributed by atoms with Gasteiger partial charge in [-0.05, 0) is 30.8 Å². The van der Waals surface area contributed by atoms with Crippen molar-refractivity contribution in [3.8, 4) is 5.75 Å². The molecule has 1 aromatic carbocycles. The maximum Gasteiger partial charge on any atom is 0.573 e. The third-order valence-electron chi connectivity index (χ3n) is 2.35. The predicted molar refractivity (Wildman–Crippen MR) is 61.2 cm³/mol. The van der Waals surface area contributed by atoms with E-state index in [1.165, 1.54) is 18.2 Å². The third kappa shape index (κ3) is 3.10. The lowest BCUT2D eigenvalue weighted by molar-refractivity contribution is -0.274. The van der Waals surface area contributed by atoms with Crippen molar-refractivity contribution in [2.24, 2.45) is 5.73 Å². The van der Waals surface area contributed by atoms with Crippen molar-refractivity contribution < 1.29 is 17.9 Å². The molecule has 0 aliphatic heterocycles. The van der Waals surface area contributed by atoms with Gasteiger partial charge in [0.25, 0.3) is 0 Å². The Kier molecular flexibility index (Phi) is 3.38. The summed E-state index contributed by atoms with van der Waals surface area (Å²) >= 11 is 0. The lowest BCUT2D eigenvalue weighted by Gasteiger charge is -2.09. The van der Waals surface area contributed by atoms with Gasteiger partial charge < -0.3 is 10.5 Å². The molecule has 1 aromatic heterocycles. The zero-order valence-corrected chi connectivity index (χ0v) is 9.37. The topological polar surface area (TPSA) is 48.1 Å². The van der Waals surface area contributed by atoms with Crippen molar-refractivity contribution in [2.75, 3.05) is 6.54 Å². The highest BCUT2D eigenvalue weighted by atomic mass is 19.4. The van der Waals surface area contributed by atoms with Crippen LogP contribution in [0.4, 0.5) is 13.2 Å². The minimum atomic E-state index is -4.68. The number of benzene rings is 1. The molecule has 0 atom stereocenters. The van der Waals surface area contributed by atoms with Gasteiger partial charge in [0.05, 0.1) is 5.52 Å². The summed E-state index contributed by atoms with van der Waals surface area (Å²) < 4.78 is 40.0. The van der Waals surface area contributed by atoms with Gasteiger partial charge >= 0.3 is 6.36 Å². The molecule has 2 rings (SSSR count). The van der Waals surface area contributed by atoms with Crippen LogP contribution in [0.2, 0.25) is 0 Å².